The number of hydrogen-bond donors (Lipinski definition) is 2. The van der Waals surface area contributed by atoms with Crippen molar-refractivity contribution in [3.05, 3.63) is 16.6 Å². The molecule has 0 bridgehead atoms. The van der Waals surface area contributed by atoms with E-state index in [0.717, 1.165) is 11.4 Å². The van der Waals surface area contributed by atoms with E-state index in [1.54, 1.807) is 17.5 Å². The molecule has 1 aromatic heterocycles. The van der Waals surface area contributed by atoms with Gasteiger partial charge in [-0.25, -0.2) is 14.6 Å². The molecule has 7 heteroatoms. The summed E-state index contributed by atoms with van der Waals surface area (Å²) in [6, 6.07) is -0.971. The van der Waals surface area contributed by atoms with Crippen molar-refractivity contribution >= 4 is 23.3 Å². The molecule has 2 N–H and O–H groups in total. The largest absolute Gasteiger partial charge is 0.480 e. The van der Waals surface area contributed by atoms with Crippen molar-refractivity contribution < 1.29 is 14.7 Å². The second-order valence-corrected chi connectivity index (χ2v) is 5.08. The lowest BCUT2D eigenvalue weighted by Gasteiger charge is -2.21. The maximum absolute atomic E-state index is 11.8. The lowest BCUT2D eigenvalue weighted by atomic mass is 10.2. The van der Waals surface area contributed by atoms with Gasteiger partial charge in [-0.15, -0.1) is 11.3 Å². The van der Waals surface area contributed by atoms with Gasteiger partial charge in [0.15, 0.2) is 0 Å². The molecule has 0 aliphatic carbocycles. The number of nitrogens with one attached hydrogen (secondary N) is 1. The van der Waals surface area contributed by atoms with Gasteiger partial charge in [0.05, 0.1) is 5.01 Å². The van der Waals surface area contributed by atoms with Crippen molar-refractivity contribution in [3.63, 3.8) is 0 Å². The molecule has 2 amide bonds. The Balaban J connectivity index is 1.79. The topological polar surface area (TPSA) is 82.5 Å². The number of carbonyl (C=O) groups excluding carboxylic acids is 1. The number of urea groups is 1. The van der Waals surface area contributed by atoms with Crippen LogP contribution in [-0.2, 0) is 11.2 Å². The average Bonchev–Trinajstić information content (AvgIpc) is 2.99. The third-order valence-electron chi connectivity index (χ3n) is 2.90. The Morgan fingerprint density at radius 1 is 1.61 bits per heavy atom. The van der Waals surface area contributed by atoms with Crippen molar-refractivity contribution in [1.82, 2.24) is 15.2 Å². The van der Waals surface area contributed by atoms with Gasteiger partial charge in [-0.05, 0) is 12.8 Å². The van der Waals surface area contributed by atoms with Crippen LogP contribution in [0.15, 0.2) is 11.6 Å². The molecule has 2 heterocycles. The van der Waals surface area contributed by atoms with Gasteiger partial charge in [0, 0.05) is 31.1 Å². The SMILES string of the molecule is O=C(O)[C@@H]1CCCN1C(=O)NCCc1nccs1. The highest BCUT2D eigenvalue weighted by Crippen LogP contribution is 2.17. The van der Waals surface area contributed by atoms with Gasteiger partial charge in [0.2, 0.25) is 0 Å². The fourth-order valence-electron chi connectivity index (χ4n) is 2.02. The second-order valence-electron chi connectivity index (χ2n) is 4.10. The number of carboxylic acid groups (broad SMARTS) is 1. The van der Waals surface area contributed by atoms with Gasteiger partial charge in [-0.3, -0.25) is 0 Å². The molecule has 1 aliphatic rings. The predicted octanol–water partition coefficient (Wildman–Crippen LogP) is 0.944. The van der Waals surface area contributed by atoms with Gasteiger partial charge in [-0.2, -0.15) is 0 Å². The van der Waals surface area contributed by atoms with Crippen molar-refractivity contribution in [1.29, 1.82) is 0 Å². The number of aliphatic carboxylic acids is 1. The lowest BCUT2D eigenvalue weighted by molar-refractivity contribution is -0.141. The van der Waals surface area contributed by atoms with Crippen LogP contribution in [0.2, 0.25) is 0 Å². The molecule has 6 nitrogen and oxygen atoms in total. The highest BCUT2D eigenvalue weighted by molar-refractivity contribution is 7.09. The Labute approximate surface area is 109 Å². The van der Waals surface area contributed by atoms with Crippen LogP contribution < -0.4 is 5.32 Å². The molecule has 98 valence electrons. The number of aromatic nitrogens is 1. The molecule has 18 heavy (non-hydrogen) atoms. The Bertz CT molecular complexity index is 421. The number of hydrogen-bond acceptors (Lipinski definition) is 4. The standard InChI is InChI=1S/C11H15N3O3S/c15-10(16)8-2-1-6-14(8)11(17)13-4-3-9-12-5-7-18-9/h5,7-8H,1-4,6H2,(H,13,17)(H,15,16)/t8-/m0/s1. The second kappa shape index (κ2) is 5.81. The first-order valence-corrected chi connectivity index (χ1v) is 6.72. The van der Waals surface area contributed by atoms with Crippen LogP contribution in [0, 0.1) is 0 Å². The summed E-state index contributed by atoms with van der Waals surface area (Å²) in [5.41, 5.74) is 0. The van der Waals surface area contributed by atoms with Crippen LogP contribution in [0.25, 0.3) is 0 Å². The molecule has 1 fully saturated rings. The summed E-state index contributed by atoms with van der Waals surface area (Å²) in [4.78, 5) is 28.3. The number of rotatable bonds is 4. The van der Waals surface area contributed by atoms with Gasteiger partial charge >= 0.3 is 12.0 Å². The van der Waals surface area contributed by atoms with Crippen molar-refractivity contribution in [3.8, 4) is 0 Å². The lowest BCUT2D eigenvalue weighted by Crippen LogP contribution is -2.46. The molecule has 0 radical (unpaired) electrons. The first-order chi connectivity index (χ1) is 8.68. The van der Waals surface area contributed by atoms with E-state index in [1.165, 1.54) is 4.90 Å². The average molecular weight is 269 g/mol. The predicted molar refractivity (Wildman–Crippen MR) is 66.6 cm³/mol. The number of likely N-dealkylation sites (tertiary alicyclic amines) is 1. The zero-order chi connectivity index (χ0) is 13.0. The molecule has 1 saturated heterocycles. The summed E-state index contributed by atoms with van der Waals surface area (Å²) in [6.07, 6.45) is 3.68. The summed E-state index contributed by atoms with van der Waals surface area (Å²) in [6.45, 7) is 0.995. The molecule has 1 aromatic rings. The highest BCUT2D eigenvalue weighted by Gasteiger charge is 2.33. The van der Waals surface area contributed by atoms with Crippen LogP contribution in [0.5, 0.6) is 0 Å². The first kappa shape index (κ1) is 12.8. The minimum atomic E-state index is -0.928. The van der Waals surface area contributed by atoms with Crippen molar-refractivity contribution in [2.75, 3.05) is 13.1 Å². The summed E-state index contributed by atoms with van der Waals surface area (Å²) in [5, 5.41) is 14.6. The molecule has 1 atom stereocenters. The fourth-order valence-corrected chi connectivity index (χ4v) is 2.64. The van der Waals surface area contributed by atoms with Crippen LogP contribution in [-0.4, -0.2) is 46.1 Å². The molecule has 1 aliphatic heterocycles. The Morgan fingerprint density at radius 3 is 3.11 bits per heavy atom. The summed E-state index contributed by atoms with van der Waals surface area (Å²) in [7, 11) is 0. The van der Waals surface area contributed by atoms with E-state index in [9.17, 15) is 9.59 Å². The van der Waals surface area contributed by atoms with Gasteiger partial charge in [0.25, 0.3) is 0 Å². The third-order valence-corrected chi connectivity index (χ3v) is 3.74. The van der Waals surface area contributed by atoms with Crippen LogP contribution in [0.1, 0.15) is 17.8 Å². The van der Waals surface area contributed by atoms with Gasteiger partial charge in [0.1, 0.15) is 6.04 Å². The molecule has 0 spiro atoms. The molecule has 0 saturated carbocycles. The molecular formula is C11H15N3O3S. The Morgan fingerprint density at radius 2 is 2.44 bits per heavy atom. The normalized spacial score (nSPS) is 18.9. The number of thiazole rings is 1. The Hall–Kier alpha value is -1.63. The first-order valence-electron chi connectivity index (χ1n) is 5.84. The summed E-state index contributed by atoms with van der Waals surface area (Å²) in [5.74, 6) is -0.928. The summed E-state index contributed by atoms with van der Waals surface area (Å²) >= 11 is 1.54. The third kappa shape index (κ3) is 2.98. The number of amides is 2. The van der Waals surface area contributed by atoms with E-state index >= 15 is 0 Å². The fraction of sp³-hybridized carbons (Fsp3) is 0.545. The zero-order valence-corrected chi connectivity index (χ0v) is 10.7. The molecular weight excluding hydrogens is 254 g/mol. The van der Waals surface area contributed by atoms with E-state index in [-0.39, 0.29) is 6.03 Å². The Kier molecular flexibility index (Phi) is 4.14. The number of carboxylic acids is 1. The minimum absolute atomic E-state index is 0.295. The quantitative estimate of drug-likeness (QED) is 0.852. The molecule has 2 rings (SSSR count). The van der Waals surface area contributed by atoms with E-state index in [0.29, 0.717) is 25.9 Å². The van der Waals surface area contributed by atoms with E-state index in [1.807, 2.05) is 5.38 Å². The summed E-state index contributed by atoms with van der Waals surface area (Å²) < 4.78 is 0. The zero-order valence-electron chi connectivity index (χ0n) is 9.83. The molecule has 0 unspecified atom stereocenters. The van der Waals surface area contributed by atoms with Crippen LogP contribution in [0.3, 0.4) is 0 Å². The van der Waals surface area contributed by atoms with Crippen LogP contribution in [0.4, 0.5) is 4.79 Å². The smallest absolute Gasteiger partial charge is 0.326 e. The maximum Gasteiger partial charge on any atom is 0.326 e. The van der Waals surface area contributed by atoms with Crippen LogP contribution >= 0.6 is 11.3 Å². The van der Waals surface area contributed by atoms with Crippen molar-refractivity contribution in [2.45, 2.75) is 25.3 Å². The van der Waals surface area contributed by atoms with Gasteiger partial charge < -0.3 is 15.3 Å². The van der Waals surface area contributed by atoms with Gasteiger partial charge in [-0.1, -0.05) is 0 Å². The minimum Gasteiger partial charge on any atom is -0.480 e. The van der Waals surface area contributed by atoms with E-state index in [4.69, 9.17) is 5.11 Å². The monoisotopic (exact) mass is 269 g/mol. The maximum atomic E-state index is 11.8. The van der Waals surface area contributed by atoms with Crippen molar-refractivity contribution in [2.24, 2.45) is 0 Å². The number of carbonyl (C=O) groups is 2. The van der Waals surface area contributed by atoms with E-state index < -0.39 is 12.0 Å². The van der Waals surface area contributed by atoms with E-state index in [2.05, 4.69) is 10.3 Å². The molecule has 0 aromatic carbocycles. The number of nitrogens with zero attached hydrogens (tertiary/aromatic N) is 2. The highest BCUT2D eigenvalue weighted by atomic mass is 32.1.